The van der Waals surface area contributed by atoms with E-state index in [0.29, 0.717) is 0 Å². The van der Waals surface area contributed by atoms with Crippen LogP contribution in [0.25, 0.3) is 0 Å². The molecule has 2 heteroatoms. The Bertz CT molecular complexity index is 520. The zero-order valence-corrected chi connectivity index (χ0v) is 10.4. The molecule has 0 unspecified atom stereocenters. The second-order valence-corrected chi connectivity index (χ2v) is 4.71. The van der Waals surface area contributed by atoms with Crippen molar-refractivity contribution in [3.05, 3.63) is 59.7 Å². The number of para-hydroxylation sites is 1. The van der Waals surface area contributed by atoms with E-state index in [1.165, 1.54) is 35.3 Å². The van der Waals surface area contributed by atoms with Crippen LogP contribution in [0.4, 0.5) is 11.4 Å². The largest absolute Gasteiger partial charge is 0.383 e. The molecule has 0 spiro atoms. The van der Waals surface area contributed by atoms with Crippen LogP contribution in [0.2, 0.25) is 0 Å². The first-order valence-electron chi connectivity index (χ1n) is 6.57. The fraction of sp³-hybridized carbons (Fsp3) is 0.250. The summed E-state index contributed by atoms with van der Waals surface area (Å²) < 4.78 is 0. The molecule has 1 heterocycles. The molecular weight excluding hydrogens is 220 g/mol. The van der Waals surface area contributed by atoms with Gasteiger partial charge in [0.2, 0.25) is 0 Å². The van der Waals surface area contributed by atoms with Crippen LogP contribution in [0.1, 0.15) is 17.5 Å². The molecule has 0 fully saturated rings. The van der Waals surface area contributed by atoms with Crippen molar-refractivity contribution in [3.8, 4) is 0 Å². The molecule has 2 aromatic carbocycles. The Kier molecular flexibility index (Phi) is 3.18. The van der Waals surface area contributed by atoms with Gasteiger partial charge >= 0.3 is 0 Å². The molecule has 92 valence electrons. The van der Waals surface area contributed by atoms with Gasteiger partial charge in [0, 0.05) is 13.1 Å². The van der Waals surface area contributed by atoms with Gasteiger partial charge in [0.05, 0.1) is 11.4 Å². The first-order valence-corrected chi connectivity index (χ1v) is 6.57. The monoisotopic (exact) mass is 238 g/mol. The van der Waals surface area contributed by atoms with E-state index in [1.807, 2.05) is 0 Å². The zero-order chi connectivity index (χ0) is 12.2. The first kappa shape index (κ1) is 11.1. The van der Waals surface area contributed by atoms with Crippen molar-refractivity contribution in [2.75, 3.05) is 17.2 Å². The van der Waals surface area contributed by atoms with E-state index < -0.39 is 0 Å². The van der Waals surface area contributed by atoms with Crippen molar-refractivity contribution in [1.29, 1.82) is 0 Å². The molecule has 1 aliphatic heterocycles. The molecule has 0 saturated heterocycles. The van der Waals surface area contributed by atoms with E-state index in [0.717, 1.165) is 13.1 Å². The highest BCUT2D eigenvalue weighted by Gasteiger charge is 2.11. The molecule has 0 atom stereocenters. The Morgan fingerprint density at radius 2 is 1.89 bits per heavy atom. The minimum absolute atomic E-state index is 0.874. The van der Waals surface area contributed by atoms with Crippen molar-refractivity contribution in [2.24, 2.45) is 0 Å². The van der Waals surface area contributed by atoms with Gasteiger partial charge in [0.15, 0.2) is 0 Å². The van der Waals surface area contributed by atoms with Crippen LogP contribution in [0.15, 0.2) is 48.5 Å². The van der Waals surface area contributed by atoms with E-state index >= 15 is 0 Å². The Morgan fingerprint density at radius 1 is 1.00 bits per heavy atom. The lowest BCUT2D eigenvalue weighted by molar-refractivity contribution is 0.830. The normalized spacial score (nSPS) is 13.6. The van der Waals surface area contributed by atoms with Crippen molar-refractivity contribution < 1.29 is 0 Å². The molecule has 2 nitrogen and oxygen atoms in total. The van der Waals surface area contributed by atoms with E-state index in [1.54, 1.807) is 0 Å². The zero-order valence-electron chi connectivity index (χ0n) is 10.4. The molecule has 0 radical (unpaired) electrons. The van der Waals surface area contributed by atoms with Gasteiger partial charge < -0.3 is 10.6 Å². The number of hydrogen-bond acceptors (Lipinski definition) is 2. The highest BCUT2D eigenvalue weighted by molar-refractivity contribution is 5.73. The van der Waals surface area contributed by atoms with Gasteiger partial charge in [0.25, 0.3) is 0 Å². The summed E-state index contributed by atoms with van der Waals surface area (Å²) in [4.78, 5) is 0. The fourth-order valence-corrected chi connectivity index (χ4v) is 2.45. The predicted octanol–water partition coefficient (Wildman–Crippen LogP) is 3.66. The van der Waals surface area contributed by atoms with Crippen molar-refractivity contribution in [1.82, 2.24) is 0 Å². The number of hydrogen-bond donors (Lipinski definition) is 2. The van der Waals surface area contributed by atoms with Gasteiger partial charge in [0.1, 0.15) is 0 Å². The van der Waals surface area contributed by atoms with Gasteiger partial charge in [-0.2, -0.15) is 0 Å². The topological polar surface area (TPSA) is 24.1 Å². The van der Waals surface area contributed by atoms with Crippen LogP contribution in [0, 0.1) is 0 Å². The molecule has 2 N–H and O–H groups in total. The molecule has 1 aliphatic rings. The predicted molar refractivity (Wildman–Crippen MR) is 77.0 cm³/mol. The maximum Gasteiger partial charge on any atom is 0.0608 e. The lowest BCUT2D eigenvalue weighted by atomic mass is 10.0. The summed E-state index contributed by atoms with van der Waals surface area (Å²) in [6.07, 6.45) is 2.42. The van der Waals surface area contributed by atoms with E-state index in [-0.39, 0.29) is 0 Å². The summed E-state index contributed by atoms with van der Waals surface area (Å²) in [5.41, 5.74) is 5.25. The molecule has 0 amide bonds. The van der Waals surface area contributed by atoms with Gasteiger partial charge in [-0.05, 0) is 30.0 Å². The lowest BCUT2D eigenvalue weighted by Crippen LogP contribution is -2.14. The van der Waals surface area contributed by atoms with Crippen molar-refractivity contribution in [3.63, 3.8) is 0 Å². The fourth-order valence-electron chi connectivity index (χ4n) is 2.45. The minimum Gasteiger partial charge on any atom is -0.383 e. The van der Waals surface area contributed by atoms with Crippen LogP contribution in [-0.2, 0) is 13.0 Å². The van der Waals surface area contributed by atoms with Crippen molar-refractivity contribution in [2.45, 2.75) is 19.4 Å². The van der Waals surface area contributed by atoms with Crippen LogP contribution in [0.3, 0.4) is 0 Å². The number of benzene rings is 2. The lowest BCUT2D eigenvalue weighted by Gasteiger charge is -2.21. The number of anilines is 2. The molecular formula is C16H18N2. The van der Waals surface area contributed by atoms with Crippen LogP contribution < -0.4 is 10.6 Å². The van der Waals surface area contributed by atoms with Crippen molar-refractivity contribution >= 4 is 11.4 Å². The number of fused-ring (bicyclic) bond motifs is 1. The maximum atomic E-state index is 3.53. The van der Waals surface area contributed by atoms with Gasteiger partial charge in [-0.1, -0.05) is 42.5 Å². The smallest absolute Gasteiger partial charge is 0.0608 e. The standard InChI is InChI=1S/C16H18N2/c1-2-6-13(7-3-1)12-18-15-10-4-8-14-9-5-11-17-16(14)15/h1-4,6-8,10,17-18H,5,9,11-12H2. The summed E-state index contributed by atoms with van der Waals surface area (Å²) in [6, 6.07) is 17.0. The van der Waals surface area contributed by atoms with Gasteiger partial charge in [-0.3, -0.25) is 0 Å². The summed E-state index contributed by atoms with van der Waals surface area (Å²) >= 11 is 0. The Hall–Kier alpha value is -1.96. The number of aryl methyl sites for hydroxylation is 1. The highest BCUT2D eigenvalue weighted by atomic mass is 15.0. The number of rotatable bonds is 3. The summed E-state index contributed by atoms with van der Waals surface area (Å²) in [6.45, 7) is 1.95. The molecule has 0 bridgehead atoms. The first-order chi connectivity index (χ1) is 8.93. The molecule has 0 aliphatic carbocycles. The molecule has 3 rings (SSSR count). The Morgan fingerprint density at radius 3 is 2.78 bits per heavy atom. The maximum absolute atomic E-state index is 3.53. The van der Waals surface area contributed by atoms with E-state index in [4.69, 9.17) is 0 Å². The second-order valence-electron chi connectivity index (χ2n) is 4.71. The third kappa shape index (κ3) is 2.33. The third-order valence-electron chi connectivity index (χ3n) is 3.40. The second kappa shape index (κ2) is 5.13. The minimum atomic E-state index is 0.874. The van der Waals surface area contributed by atoms with Crippen LogP contribution in [0.5, 0.6) is 0 Å². The van der Waals surface area contributed by atoms with Crippen LogP contribution in [-0.4, -0.2) is 6.54 Å². The average molecular weight is 238 g/mol. The summed E-state index contributed by atoms with van der Waals surface area (Å²) in [5, 5.41) is 7.03. The summed E-state index contributed by atoms with van der Waals surface area (Å²) in [5.74, 6) is 0. The third-order valence-corrected chi connectivity index (χ3v) is 3.40. The SMILES string of the molecule is c1ccc(CNc2cccc3c2NCCC3)cc1. The molecule has 0 saturated carbocycles. The van der Waals surface area contributed by atoms with E-state index in [2.05, 4.69) is 59.2 Å². The molecule has 0 aromatic heterocycles. The van der Waals surface area contributed by atoms with Gasteiger partial charge in [-0.25, -0.2) is 0 Å². The Balaban J connectivity index is 1.77. The molecule has 18 heavy (non-hydrogen) atoms. The number of nitrogens with one attached hydrogen (secondary N) is 2. The highest BCUT2D eigenvalue weighted by Crippen LogP contribution is 2.30. The quantitative estimate of drug-likeness (QED) is 0.852. The average Bonchev–Trinajstić information content (AvgIpc) is 2.46. The summed E-state index contributed by atoms with van der Waals surface area (Å²) in [7, 11) is 0. The van der Waals surface area contributed by atoms with Gasteiger partial charge in [-0.15, -0.1) is 0 Å². The Labute approximate surface area is 108 Å². The molecule has 2 aromatic rings. The van der Waals surface area contributed by atoms with E-state index in [9.17, 15) is 0 Å². The van der Waals surface area contributed by atoms with Crippen LogP contribution >= 0.6 is 0 Å².